The molecule has 0 aliphatic carbocycles. The highest BCUT2D eigenvalue weighted by atomic mass is 16.5. The van der Waals surface area contributed by atoms with Gasteiger partial charge >= 0.3 is 5.97 Å². The van der Waals surface area contributed by atoms with Gasteiger partial charge in [0.05, 0.1) is 0 Å². The molecule has 3 atom stereocenters. The van der Waals surface area contributed by atoms with E-state index in [4.69, 9.17) is 21.6 Å². The van der Waals surface area contributed by atoms with Gasteiger partial charge in [-0.1, -0.05) is 161 Å². The third kappa shape index (κ3) is 33.9. The molecular formula is C41H80N4O2. The lowest BCUT2D eigenvalue weighted by atomic mass is 9.96. The smallest absolute Gasteiger partial charge is 0.323 e. The van der Waals surface area contributed by atoms with E-state index in [-0.39, 0.29) is 18.0 Å². The fraction of sp³-hybridized carbons (Fsp3) is 0.854. The first-order valence-electron chi connectivity index (χ1n) is 20.2. The van der Waals surface area contributed by atoms with Crippen LogP contribution in [-0.2, 0) is 9.53 Å². The molecule has 0 saturated carbocycles. The molecule has 0 saturated heterocycles. The molecule has 0 rings (SSSR count). The molecule has 0 spiro atoms. The number of ether oxygens (including phenoxy) is 1. The molecule has 0 heterocycles. The zero-order valence-corrected chi connectivity index (χ0v) is 31.5. The quantitative estimate of drug-likeness (QED) is 0.0177. The lowest BCUT2D eigenvalue weighted by Gasteiger charge is -2.20. The third-order valence-electron chi connectivity index (χ3n) is 9.36. The van der Waals surface area contributed by atoms with Gasteiger partial charge in [-0.25, -0.2) is 0 Å². The molecule has 0 radical (unpaired) electrons. The van der Waals surface area contributed by atoms with E-state index in [0.717, 1.165) is 38.0 Å². The fourth-order valence-electron chi connectivity index (χ4n) is 6.17. The number of unbranched alkanes of at least 4 members (excludes halogenated alkanes) is 18. The van der Waals surface area contributed by atoms with Crippen molar-refractivity contribution < 1.29 is 9.53 Å². The molecular weight excluding hydrogens is 580 g/mol. The van der Waals surface area contributed by atoms with E-state index in [0.29, 0.717) is 13.0 Å². The Hall–Kier alpha value is -1.82. The van der Waals surface area contributed by atoms with Crippen molar-refractivity contribution in [2.75, 3.05) is 6.54 Å². The van der Waals surface area contributed by atoms with E-state index in [1.807, 2.05) is 0 Å². The minimum Gasteiger partial charge on any atom is -0.461 e. The Morgan fingerprint density at radius 1 is 0.638 bits per heavy atom. The van der Waals surface area contributed by atoms with E-state index in [1.54, 1.807) is 0 Å². The number of carbonyl (C=O) groups is 1. The Balaban J connectivity index is 4.19. The van der Waals surface area contributed by atoms with Gasteiger partial charge in [0.15, 0.2) is 5.96 Å². The van der Waals surface area contributed by atoms with Gasteiger partial charge in [-0.2, -0.15) is 0 Å². The minimum atomic E-state index is -0.682. The number of allylic oxidation sites excluding steroid dienone is 4. The van der Waals surface area contributed by atoms with Crippen LogP contribution in [0.3, 0.4) is 0 Å². The lowest BCUT2D eigenvalue weighted by Crippen LogP contribution is -2.39. The van der Waals surface area contributed by atoms with Crippen molar-refractivity contribution in [2.45, 2.75) is 213 Å². The monoisotopic (exact) mass is 661 g/mol. The summed E-state index contributed by atoms with van der Waals surface area (Å²) >= 11 is 0. The summed E-state index contributed by atoms with van der Waals surface area (Å²) in [6.07, 6.45) is 43.6. The maximum Gasteiger partial charge on any atom is 0.323 e. The number of hydrogen-bond acceptors (Lipinski definition) is 4. The van der Waals surface area contributed by atoms with Gasteiger partial charge in [0, 0.05) is 6.54 Å². The van der Waals surface area contributed by atoms with Crippen LogP contribution in [0.15, 0.2) is 24.3 Å². The normalized spacial score (nSPS) is 13.7. The molecule has 0 aromatic heterocycles. The molecule has 0 aliphatic heterocycles. The van der Waals surface area contributed by atoms with E-state index in [2.05, 4.69) is 50.4 Å². The van der Waals surface area contributed by atoms with Crippen LogP contribution in [0.25, 0.3) is 0 Å². The molecule has 6 nitrogen and oxygen atoms in total. The summed E-state index contributed by atoms with van der Waals surface area (Å²) in [6, 6.07) is -0.682. The molecule has 0 aliphatic rings. The Morgan fingerprint density at radius 3 is 1.57 bits per heavy atom. The van der Waals surface area contributed by atoms with Crippen LogP contribution in [0.1, 0.15) is 201 Å². The number of rotatable bonds is 35. The summed E-state index contributed by atoms with van der Waals surface area (Å²) in [4.78, 5) is 12.7. The first kappa shape index (κ1) is 45.2. The average Bonchev–Trinajstić information content (AvgIpc) is 3.05. The largest absolute Gasteiger partial charge is 0.461 e. The molecule has 0 amide bonds. The highest BCUT2D eigenvalue weighted by Gasteiger charge is 2.20. The first-order valence-corrected chi connectivity index (χ1v) is 20.2. The van der Waals surface area contributed by atoms with Gasteiger partial charge in [0.25, 0.3) is 0 Å². The fourth-order valence-corrected chi connectivity index (χ4v) is 6.17. The van der Waals surface area contributed by atoms with Crippen molar-refractivity contribution in [1.82, 2.24) is 5.32 Å². The van der Waals surface area contributed by atoms with Gasteiger partial charge in [-0.15, -0.1) is 0 Å². The molecule has 0 fully saturated rings. The van der Waals surface area contributed by atoms with E-state index >= 15 is 0 Å². The van der Waals surface area contributed by atoms with Crippen molar-refractivity contribution in [3.63, 3.8) is 0 Å². The third-order valence-corrected chi connectivity index (χ3v) is 9.36. The van der Waals surface area contributed by atoms with Crippen LogP contribution in [-0.4, -0.2) is 30.6 Å². The van der Waals surface area contributed by atoms with Crippen molar-refractivity contribution >= 4 is 11.9 Å². The second kappa shape index (κ2) is 35.5. The predicted molar refractivity (Wildman–Crippen MR) is 206 cm³/mol. The minimum absolute atomic E-state index is 0.0432. The highest BCUT2D eigenvalue weighted by molar-refractivity contribution is 5.76. The van der Waals surface area contributed by atoms with Crippen LogP contribution >= 0.6 is 0 Å². The summed E-state index contributed by atoms with van der Waals surface area (Å²) < 4.78 is 5.93. The molecule has 6 N–H and O–H groups in total. The van der Waals surface area contributed by atoms with E-state index in [1.165, 1.54) is 141 Å². The van der Waals surface area contributed by atoms with Crippen LogP contribution < -0.4 is 16.8 Å². The zero-order valence-electron chi connectivity index (χ0n) is 31.5. The number of nitrogens with two attached hydrogens (primary N) is 2. The number of carbonyl (C=O) groups excluding carboxylic acids is 1. The van der Waals surface area contributed by atoms with Crippen LogP contribution in [0.2, 0.25) is 0 Å². The standard InChI is InChI=1S/C41H80N4O2/c1-4-6-8-10-11-12-13-14-15-16-17-18-19-20-25-29-33-38(47-40(46)39(42)35-36-45-41(43)44)34-30-26-22-21-24-28-32-37(3)31-27-23-9-7-5-2/h11-12,14-15,37-39H,4-10,13,16-36,42H2,1-3H3,(H4,43,44,45)/b12-11-,15-14-. The Bertz CT molecular complexity index is 754. The van der Waals surface area contributed by atoms with Gasteiger partial charge in [0.2, 0.25) is 0 Å². The molecule has 3 unspecified atom stereocenters. The second-order valence-corrected chi connectivity index (χ2v) is 14.2. The summed E-state index contributed by atoms with van der Waals surface area (Å²) in [6.45, 7) is 7.37. The van der Waals surface area contributed by atoms with Crippen LogP contribution in [0.5, 0.6) is 0 Å². The van der Waals surface area contributed by atoms with E-state index < -0.39 is 6.04 Å². The van der Waals surface area contributed by atoms with Crippen molar-refractivity contribution in [2.24, 2.45) is 17.4 Å². The lowest BCUT2D eigenvalue weighted by molar-refractivity contribution is -0.151. The molecule has 6 heteroatoms. The Kier molecular flexibility index (Phi) is 34.1. The van der Waals surface area contributed by atoms with Gasteiger partial charge in [-0.05, 0) is 70.1 Å². The summed E-state index contributed by atoms with van der Waals surface area (Å²) in [7, 11) is 0. The van der Waals surface area contributed by atoms with Gasteiger partial charge in [-0.3, -0.25) is 10.2 Å². The molecule has 47 heavy (non-hydrogen) atoms. The Morgan fingerprint density at radius 2 is 1.06 bits per heavy atom. The zero-order chi connectivity index (χ0) is 34.6. The van der Waals surface area contributed by atoms with Gasteiger partial charge in [0.1, 0.15) is 12.1 Å². The molecule has 0 bridgehead atoms. The second-order valence-electron chi connectivity index (χ2n) is 14.2. The van der Waals surface area contributed by atoms with Crippen LogP contribution in [0.4, 0.5) is 0 Å². The number of guanidine groups is 1. The SMILES string of the molecule is CCCCC/C=C\C/C=C\CCCCCCCCC(CCCCCCCCC(C)CCCCCCC)OC(=O)C(N)CCNC(=N)N. The maximum atomic E-state index is 12.7. The number of esters is 1. The molecule has 0 aromatic carbocycles. The summed E-state index contributed by atoms with van der Waals surface area (Å²) in [5, 5.41) is 10.0. The summed E-state index contributed by atoms with van der Waals surface area (Å²) in [5.41, 5.74) is 11.4. The number of nitrogens with one attached hydrogen (secondary N) is 2. The molecule has 0 aromatic rings. The number of hydrogen-bond donors (Lipinski definition) is 4. The highest BCUT2D eigenvalue weighted by Crippen LogP contribution is 2.20. The predicted octanol–water partition coefficient (Wildman–Crippen LogP) is 11.4. The molecule has 276 valence electrons. The average molecular weight is 661 g/mol. The van der Waals surface area contributed by atoms with Crippen molar-refractivity contribution in [1.29, 1.82) is 5.41 Å². The van der Waals surface area contributed by atoms with Crippen molar-refractivity contribution in [3.8, 4) is 0 Å². The van der Waals surface area contributed by atoms with Crippen molar-refractivity contribution in [3.05, 3.63) is 24.3 Å². The topological polar surface area (TPSA) is 114 Å². The maximum absolute atomic E-state index is 12.7. The van der Waals surface area contributed by atoms with Crippen LogP contribution in [0, 0.1) is 11.3 Å². The van der Waals surface area contributed by atoms with Gasteiger partial charge < -0.3 is 21.5 Å². The first-order chi connectivity index (χ1) is 22.9. The summed E-state index contributed by atoms with van der Waals surface area (Å²) in [5.74, 6) is 0.448. The van der Waals surface area contributed by atoms with E-state index in [9.17, 15) is 4.79 Å². The Labute approximate surface area is 292 Å².